The second-order valence-corrected chi connectivity index (χ2v) is 3.36. The van der Waals surface area contributed by atoms with E-state index in [0.29, 0.717) is 19.8 Å². The van der Waals surface area contributed by atoms with Gasteiger partial charge in [0.25, 0.3) is 0 Å². The maximum atomic E-state index is 8.54. The molecule has 0 radical (unpaired) electrons. The van der Waals surface area contributed by atoms with Crippen LogP contribution in [0.5, 0.6) is 11.5 Å². The van der Waals surface area contributed by atoms with Gasteiger partial charge in [0.15, 0.2) is 0 Å². The average molecular weight is 241 g/mol. The fourth-order valence-electron chi connectivity index (χ4n) is 1.34. The third-order valence-corrected chi connectivity index (χ3v) is 2.16. The van der Waals surface area contributed by atoms with Crippen molar-refractivity contribution in [3.05, 3.63) is 18.2 Å². The standard InChI is InChI=1S/C12H19NO4/c1-15-11-7-10(8-12(9-11)16-2)13-3-5-17-6-4-14/h7-9,13-14H,3-6H2,1-2H3. The molecule has 0 fully saturated rings. The summed E-state index contributed by atoms with van der Waals surface area (Å²) >= 11 is 0. The molecule has 0 atom stereocenters. The fraction of sp³-hybridized carbons (Fsp3) is 0.500. The van der Waals surface area contributed by atoms with Gasteiger partial charge in [-0.1, -0.05) is 0 Å². The first kappa shape index (κ1) is 13.6. The van der Waals surface area contributed by atoms with E-state index in [-0.39, 0.29) is 6.61 Å². The smallest absolute Gasteiger partial charge is 0.124 e. The minimum absolute atomic E-state index is 0.0486. The number of benzene rings is 1. The van der Waals surface area contributed by atoms with Gasteiger partial charge in [-0.3, -0.25) is 0 Å². The Hall–Kier alpha value is -1.46. The molecule has 96 valence electrons. The van der Waals surface area contributed by atoms with Crippen LogP contribution in [-0.4, -0.2) is 45.7 Å². The molecule has 5 nitrogen and oxygen atoms in total. The highest BCUT2D eigenvalue weighted by Crippen LogP contribution is 2.25. The number of anilines is 1. The quantitative estimate of drug-likeness (QED) is 0.668. The van der Waals surface area contributed by atoms with Gasteiger partial charge in [0.05, 0.1) is 34.0 Å². The minimum Gasteiger partial charge on any atom is -0.497 e. The highest BCUT2D eigenvalue weighted by Gasteiger charge is 2.01. The van der Waals surface area contributed by atoms with Crippen molar-refractivity contribution in [1.29, 1.82) is 0 Å². The molecule has 0 unspecified atom stereocenters. The summed E-state index contributed by atoms with van der Waals surface area (Å²) in [5, 5.41) is 11.7. The molecule has 1 rings (SSSR count). The van der Waals surface area contributed by atoms with Crippen LogP contribution >= 0.6 is 0 Å². The minimum atomic E-state index is 0.0486. The summed E-state index contributed by atoms with van der Waals surface area (Å²) < 4.78 is 15.5. The van der Waals surface area contributed by atoms with Crippen molar-refractivity contribution in [1.82, 2.24) is 0 Å². The molecular formula is C12H19NO4. The van der Waals surface area contributed by atoms with E-state index in [1.807, 2.05) is 18.2 Å². The molecule has 0 aliphatic carbocycles. The van der Waals surface area contributed by atoms with Crippen molar-refractivity contribution in [2.75, 3.05) is 45.9 Å². The molecule has 0 saturated carbocycles. The lowest BCUT2D eigenvalue weighted by atomic mass is 10.2. The van der Waals surface area contributed by atoms with E-state index < -0.39 is 0 Å². The van der Waals surface area contributed by atoms with Crippen LogP contribution < -0.4 is 14.8 Å². The lowest BCUT2D eigenvalue weighted by Gasteiger charge is -2.10. The fourth-order valence-corrected chi connectivity index (χ4v) is 1.34. The third kappa shape index (κ3) is 4.93. The SMILES string of the molecule is COc1cc(NCCOCCO)cc(OC)c1. The summed E-state index contributed by atoms with van der Waals surface area (Å²) in [6, 6.07) is 5.58. The van der Waals surface area contributed by atoms with Crippen LogP contribution in [0, 0.1) is 0 Å². The molecule has 0 aliphatic rings. The summed E-state index contributed by atoms with van der Waals surface area (Å²) in [6.07, 6.45) is 0. The molecule has 0 saturated heterocycles. The van der Waals surface area contributed by atoms with E-state index in [0.717, 1.165) is 17.2 Å². The molecule has 17 heavy (non-hydrogen) atoms. The Balaban J connectivity index is 2.46. The summed E-state index contributed by atoms with van der Waals surface area (Å²) in [4.78, 5) is 0. The molecule has 0 heterocycles. The van der Waals surface area contributed by atoms with Gasteiger partial charge in [0, 0.05) is 30.4 Å². The predicted molar refractivity (Wildman–Crippen MR) is 65.9 cm³/mol. The van der Waals surface area contributed by atoms with Gasteiger partial charge in [-0.2, -0.15) is 0 Å². The summed E-state index contributed by atoms with van der Waals surface area (Å²) in [5.41, 5.74) is 0.911. The second-order valence-electron chi connectivity index (χ2n) is 3.36. The number of nitrogens with one attached hydrogen (secondary N) is 1. The van der Waals surface area contributed by atoms with Crippen LogP contribution in [0.3, 0.4) is 0 Å². The van der Waals surface area contributed by atoms with Crippen molar-refractivity contribution in [3.8, 4) is 11.5 Å². The van der Waals surface area contributed by atoms with E-state index in [4.69, 9.17) is 19.3 Å². The zero-order valence-corrected chi connectivity index (χ0v) is 10.2. The summed E-state index contributed by atoms with van der Waals surface area (Å²) in [5.74, 6) is 1.48. The van der Waals surface area contributed by atoms with Crippen LogP contribution in [0.25, 0.3) is 0 Å². The van der Waals surface area contributed by atoms with Crippen LogP contribution in [-0.2, 0) is 4.74 Å². The Morgan fingerprint density at radius 3 is 2.24 bits per heavy atom. The van der Waals surface area contributed by atoms with Crippen LogP contribution in [0.2, 0.25) is 0 Å². The Bertz CT molecular complexity index is 308. The average Bonchev–Trinajstić information content (AvgIpc) is 2.38. The van der Waals surface area contributed by atoms with Gasteiger partial charge in [-0.05, 0) is 0 Å². The van der Waals surface area contributed by atoms with Crippen molar-refractivity contribution in [2.45, 2.75) is 0 Å². The van der Waals surface area contributed by atoms with E-state index in [2.05, 4.69) is 5.32 Å². The topological polar surface area (TPSA) is 60.0 Å². The second kappa shape index (κ2) is 7.76. The molecule has 0 aromatic heterocycles. The zero-order valence-electron chi connectivity index (χ0n) is 10.2. The maximum Gasteiger partial charge on any atom is 0.124 e. The van der Waals surface area contributed by atoms with E-state index in [1.165, 1.54) is 0 Å². The summed E-state index contributed by atoms with van der Waals surface area (Å²) in [7, 11) is 3.23. The van der Waals surface area contributed by atoms with Gasteiger partial charge < -0.3 is 24.6 Å². The first-order valence-corrected chi connectivity index (χ1v) is 5.45. The van der Waals surface area contributed by atoms with Gasteiger partial charge in [0.1, 0.15) is 11.5 Å². The molecule has 0 amide bonds. The van der Waals surface area contributed by atoms with Crippen LogP contribution in [0.4, 0.5) is 5.69 Å². The van der Waals surface area contributed by atoms with Gasteiger partial charge >= 0.3 is 0 Å². The predicted octanol–water partition coefficient (Wildman–Crippen LogP) is 1.12. The monoisotopic (exact) mass is 241 g/mol. The Morgan fingerprint density at radius 1 is 1.06 bits per heavy atom. The van der Waals surface area contributed by atoms with Gasteiger partial charge in [0.2, 0.25) is 0 Å². The van der Waals surface area contributed by atoms with Gasteiger partial charge in [-0.25, -0.2) is 0 Å². The van der Waals surface area contributed by atoms with Crippen LogP contribution in [0.1, 0.15) is 0 Å². The molecule has 1 aromatic rings. The highest BCUT2D eigenvalue weighted by atomic mass is 16.5. The summed E-state index contributed by atoms with van der Waals surface area (Å²) in [6.45, 7) is 1.62. The lowest BCUT2D eigenvalue weighted by Crippen LogP contribution is -2.11. The van der Waals surface area contributed by atoms with Gasteiger partial charge in [-0.15, -0.1) is 0 Å². The number of rotatable bonds is 8. The van der Waals surface area contributed by atoms with Crippen molar-refractivity contribution >= 4 is 5.69 Å². The molecule has 5 heteroatoms. The Morgan fingerprint density at radius 2 is 1.71 bits per heavy atom. The number of aliphatic hydroxyl groups excluding tert-OH is 1. The number of aliphatic hydroxyl groups is 1. The Labute approximate surface area is 101 Å². The van der Waals surface area contributed by atoms with Crippen molar-refractivity contribution in [3.63, 3.8) is 0 Å². The number of ether oxygens (including phenoxy) is 3. The number of hydrogen-bond acceptors (Lipinski definition) is 5. The highest BCUT2D eigenvalue weighted by molar-refractivity contribution is 5.53. The zero-order chi connectivity index (χ0) is 12.5. The third-order valence-electron chi connectivity index (χ3n) is 2.16. The largest absolute Gasteiger partial charge is 0.497 e. The Kier molecular flexibility index (Phi) is 6.21. The maximum absolute atomic E-state index is 8.54. The molecule has 0 aliphatic heterocycles. The molecule has 2 N–H and O–H groups in total. The first-order valence-electron chi connectivity index (χ1n) is 5.45. The van der Waals surface area contributed by atoms with E-state index in [1.54, 1.807) is 14.2 Å². The number of hydrogen-bond donors (Lipinski definition) is 2. The van der Waals surface area contributed by atoms with Crippen molar-refractivity contribution in [2.24, 2.45) is 0 Å². The van der Waals surface area contributed by atoms with E-state index in [9.17, 15) is 0 Å². The molecular weight excluding hydrogens is 222 g/mol. The lowest BCUT2D eigenvalue weighted by molar-refractivity contribution is 0.0992. The van der Waals surface area contributed by atoms with E-state index >= 15 is 0 Å². The molecule has 0 bridgehead atoms. The number of methoxy groups -OCH3 is 2. The normalized spacial score (nSPS) is 10.1. The first-order chi connectivity index (χ1) is 8.30. The molecule has 0 spiro atoms. The van der Waals surface area contributed by atoms with Crippen LogP contribution in [0.15, 0.2) is 18.2 Å². The van der Waals surface area contributed by atoms with Crippen molar-refractivity contribution < 1.29 is 19.3 Å². The molecule has 1 aromatic carbocycles.